The second-order valence-electron chi connectivity index (χ2n) is 8.46. The zero-order valence-electron chi connectivity index (χ0n) is 17.3. The highest BCUT2D eigenvalue weighted by atomic mass is 35.5. The lowest BCUT2D eigenvalue weighted by molar-refractivity contribution is 0.0751. The van der Waals surface area contributed by atoms with E-state index < -0.39 is 0 Å². The molecule has 0 saturated carbocycles. The molecule has 32 heavy (non-hydrogen) atoms. The van der Waals surface area contributed by atoms with Gasteiger partial charge in [-0.2, -0.15) is 0 Å². The number of hydrogen-bond donors (Lipinski definition) is 1. The molecule has 0 aliphatic carbocycles. The lowest BCUT2D eigenvalue weighted by Gasteiger charge is -2.21. The van der Waals surface area contributed by atoms with E-state index in [0.29, 0.717) is 47.9 Å². The summed E-state index contributed by atoms with van der Waals surface area (Å²) in [5, 5.41) is 0.360. The zero-order chi connectivity index (χ0) is 21.8. The molecule has 4 heterocycles. The fourth-order valence-corrected chi connectivity index (χ4v) is 5.11. The molecule has 2 aliphatic heterocycles. The van der Waals surface area contributed by atoms with Gasteiger partial charge in [0.1, 0.15) is 11.3 Å². The van der Waals surface area contributed by atoms with E-state index in [1.807, 2.05) is 28.7 Å². The number of carbonyl (C=O) groups excluding carboxylic acids is 1. The number of H-pyrrole nitrogens is 1. The number of amides is 1. The number of aromatic nitrogens is 3. The van der Waals surface area contributed by atoms with Gasteiger partial charge in [-0.25, -0.2) is 4.98 Å². The van der Waals surface area contributed by atoms with Crippen molar-refractivity contribution < 1.29 is 9.53 Å². The number of benzene rings is 2. The molecule has 162 valence electrons. The minimum Gasteiger partial charge on any atom is -0.381 e. The third-order valence-corrected chi connectivity index (χ3v) is 6.85. The Morgan fingerprint density at radius 3 is 2.53 bits per heavy atom. The Bertz CT molecular complexity index is 1410. The standard InChI is InChI=1S/C24H21ClN4O3/c25-18-10-20-19(9-17(18)24(31)28-12-15-3-1-2-4-16(15)13-28)27-23(30)21-11-26-22(29(20)21)14-5-7-32-8-6-14/h1-4,9-11,14H,5-8,12-13H2,(H,27,30). The van der Waals surface area contributed by atoms with Crippen molar-refractivity contribution in [2.24, 2.45) is 0 Å². The molecule has 0 unspecified atom stereocenters. The number of nitrogens with one attached hydrogen (secondary N) is 1. The summed E-state index contributed by atoms with van der Waals surface area (Å²) in [4.78, 5) is 35.4. The van der Waals surface area contributed by atoms with E-state index in [0.717, 1.165) is 35.3 Å². The first-order valence-electron chi connectivity index (χ1n) is 10.8. The molecule has 6 rings (SSSR count). The number of hydrogen-bond acceptors (Lipinski definition) is 4. The summed E-state index contributed by atoms with van der Waals surface area (Å²) >= 11 is 6.64. The number of rotatable bonds is 2. The van der Waals surface area contributed by atoms with Gasteiger partial charge in [0.2, 0.25) is 0 Å². The van der Waals surface area contributed by atoms with Gasteiger partial charge in [-0.05, 0) is 36.1 Å². The van der Waals surface area contributed by atoms with Crippen molar-refractivity contribution in [3.05, 3.63) is 80.5 Å². The van der Waals surface area contributed by atoms with Crippen molar-refractivity contribution in [2.75, 3.05) is 13.2 Å². The van der Waals surface area contributed by atoms with E-state index in [9.17, 15) is 9.59 Å². The van der Waals surface area contributed by atoms with E-state index in [1.165, 1.54) is 0 Å². The molecule has 0 bridgehead atoms. The Kier molecular flexibility index (Phi) is 4.55. The molecule has 1 fully saturated rings. The van der Waals surface area contributed by atoms with E-state index in [-0.39, 0.29) is 17.4 Å². The normalized spacial score (nSPS) is 16.7. The second kappa shape index (κ2) is 7.46. The summed E-state index contributed by atoms with van der Waals surface area (Å²) < 4.78 is 7.37. The highest BCUT2D eigenvalue weighted by molar-refractivity contribution is 6.34. The summed E-state index contributed by atoms with van der Waals surface area (Å²) in [7, 11) is 0. The summed E-state index contributed by atoms with van der Waals surface area (Å²) in [6, 6.07) is 11.5. The summed E-state index contributed by atoms with van der Waals surface area (Å²) in [5.41, 5.74) is 4.22. The third-order valence-electron chi connectivity index (χ3n) is 6.54. The molecule has 1 saturated heterocycles. The highest BCUT2D eigenvalue weighted by Crippen LogP contribution is 2.31. The van der Waals surface area contributed by atoms with Gasteiger partial charge in [-0.1, -0.05) is 35.9 Å². The Balaban J connectivity index is 1.45. The number of nitrogens with zero attached hydrogens (tertiary/aromatic N) is 3. The van der Waals surface area contributed by atoms with Crippen LogP contribution < -0.4 is 5.56 Å². The van der Waals surface area contributed by atoms with Gasteiger partial charge in [0.05, 0.1) is 27.8 Å². The van der Waals surface area contributed by atoms with Crippen LogP contribution in [0.15, 0.2) is 47.4 Å². The first-order valence-corrected chi connectivity index (χ1v) is 11.1. The summed E-state index contributed by atoms with van der Waals surface area (Å²) in [6.45, 7) is 2.46. The minimum absolute atomic E-state index is 0.149. The molecule has 2 aromatic heterocycles. The quantitative estimate of drug-likeness (QED) is 0.504. The van der Waals surface area contributed by atoms with Crippen LogP contribution in [0.25, 0.3) is 16.6 Å². The molecule has 2 aromatic carbocycles. The molecule has 0 spiro atoms. The van der Waals surface area contributed by atoms with Gasteiger partial charge >= 0.3 is 0 Å². The fourth-order valence-electron chi connectivity index (χ4n) is 4.87. The number of fused-ring (bicyclic) bond motifs is 4. The Labute approximate surface area is 188 Å². The molecule has 8 heteroatoms. The Morgan fingerprint density at radius 2 is 1.81 bits per heavy atom. The summed E-state index contributed by atoms with van der Waals surface area (Å²) in [6.07, 6.45) is 3.32. The molecule has 2 aliphatic rings. The molecule has 0 atom stereocenters. The van der Waals surface area contributed by atoms with Crippen LogP contribution in [-0.4, -0.2) is 38.4 Å². The van der Waals surface area contributed by atoms with E-state index in [2.05, 4.69) is 9.97 Å². The Hall–Kier alpha value is -3.16. The zero-order valence-corrected chi connectivity index (χ0v) is 18.1. The average Bonchev–Trinajstić information content (AvgIpc) is 3.45. The van der Waals surface area contributed by atoms with E-state index in [4.69, 9.17) is 16.3 Å². The lowest BCUT2D eigenvalue weighted by atomic mass is 9.99. The molecule has 7 nitrogen and oxygen atoms in total. The fraction of sp³-hybridized carbons (Fsp3) is 0.292. The van der Waals surface area contributed by atoms with Crippen LogP contribution in [0, 0.1) is 0 Å². The van der Waals surface area contributed by atoms with Gasteiger partial charge in [0, 0.05) is 32.2 Å². The van der Waals surface area contributed by atoms with Crippen molar-refractivity contribution in [1.82, 2.24) is 19.3 Å². The Morgan fingerprint density at radius 1 is 1.09 bits per heavy atom. The molecular weight excluding hydrogens is 428 g/mol. The maximum Gasteiger partial charge on any atom is 0.274 e. The van der Waals surface area contributed by atoms with Gasteiger partial charge in [0.15, 0.2) is 0 Å². The molecule has 4 aromatic rings. The van der Waals surface area contributed by atoms with Crippen molar-refractivity contribution >= 4 is 34.1 Å². The van der Waals surface area contributed by atoms with Crippen molar-refractivity contribution in [3.8, 4) is 0 Å². The topological polar surface area (TPSA) is 79.7 Å². The van der Waals surface area contributed by atoms with Gasteiger partial charge < -0.3 is 14.6 Å². The van der Waals surface area contributed by atoms with Gasteiger partial charge in [0.25, 0.3) is 11.5 Å². The van der Waals surface area contributed by atoms with Crippen molar-refractivity contribution in [1.29, 1.82) is 0 Å². The molecule has 0 radical (unpaired) electrons. The third kappa shape index (κ3) is 3.04. The minimum atomic E-state index is -0.238. The number of carbonyl (C=O) groups is 1. The first-order chi connectivity index (χ1) is 15.6. The molecule has 1 amide bonds. The van der Waals surface area contributed by atoms with Crippen molar-refractivity contribution in [3.63, 3.8) is 0 Å². The first kappa shape index (κ1) is 19.5. The van der Waals surface area contributed by atoms with Crippen LogP contribution in [0.1, 0.15) is 46.1 Å². The number of aromatic amines is 1. The average molecular weight is 449 g/mol. The summed E-state index contributed by atoms with van der Waals surface area (Å²) in [5.74, 6) is 0.897. The monoisotopic (exact) mass is 448 g/mol. The number of halogens is 1. The smallest absolute Gasteiger partial charge is 0.274 e. The highest BCUT2D eigenvalue weighted by Gasteiger charge is 2.27. The van der Waals surface area contributed by atoms with E-state index in [1.54, 1.807) is 23.2 Å². The second-order valence-corrected chi connectivity index (χ2v) is 8.86. The molecule has 1 N–H and O–H groups in total. The van der Waals surface area contributed by atoms with Crippen LogP contribution in [-0.2, 0) is 17.8 Å². The van der Waals surface area contributed by atoms with Crippen LogP contribution in [0.4, 0.5) is 0 Å². The predicted molar refractivity (Wildman–Crippen MR) is 121 cm³/mol. The van der Waals surface area contributed by atoms with Crippen LogP contribution in [0.2, 0.25) is 5.02 Å². The largest absolute Gasteiger partial charge is 0.381 e. The molecular formula is C24H21ClN4O3. The number of imidazole rings is 1. The number of ether oxygens (including phenoxy) is 1. The van der Waals surface area contributed by atoms with Gasteiger partial charge in [-0.15, -0.1) is 0 Å². The maximum atomic E-state index is 13.3. The van der Waals surface area contributed by atoms with Crippen LogP contribution >= 0.6 is 11.6 Å². The van der Waals surface area contributed by atoms with Crippen LogP contribution in [0.5, 0.6) is 0 Å². The van der Waals surface area contributed by atoms with Crippen LogP contribution in [0.3, 0.4) is 0 Å². The van der Waals surface area contributed by atoms with Crippen molar-refractivity contribution in [2.45, 2.75) is 31.8 Å². The van der Waals surface area contributed by atoms with E-state index >= 15 is 0 Å². The SMILES string of the molecule is O=C(c1cc2[nH]c(=O)c3cnc(C4CCOCC4)n3c2cc1Cl)N1Cc2ccccc2C1. The maximum absolute atomic E-state index is 13.3. The predicted octanol–water partition coefficient (Wildman–Crippen LogP) is 3.88. The van der Waals surface area contributed by atoms with Gasteiger partial charge in [-0.3, -0.25) is 14.0 Å². The lowest BCUT2D eigenvalue weighted by Crippen LogP contribution is -2.26.